The van der Waals surface area contributed by atoms with Crippen molar-refractivity contribution in [1.82, 2.24) is 15.5 Å². The highest BCUT2D eigenvalue weighted by atomic mass is 16.5. The minimum atomic E-state index is -0.0844. The number of urea groups is 1. The van der Waals surface area contributed by atoms with E-state index in [9.17, 15) is 4.79 Å². The molecule has 1 fully saturated rings. The van der Waals surface area contributed by atoms with E-state index in [-0.39, 0.29) is 6.03 Å². The Bertz CT molecular complexity index is 493. The molecule has 1 saturated heterocycles. The van der Waals surface area contributed by atoms with E-state index in [1.807, 2.05) is 24.3 Å². The fourth-order valence-corrected chi connectivity index (χ4v) is 2.92. The van der Waals surface area contributed by atoms with Crippen molar-refractivity contribution in [3.05, 3.63) is 29.8 Å². The highest BCUT2D eigenvalue weighted by molar-refractivity contribution is 5.73. The Balaban J connectivity index is 1.56. The van der Waals surface area contributed by atoms with Crippen LogP contribution in [0.4, 0.5) is 4.79 Å². The summed E-state index contributed by atoms with van der Waals surface area (Å²) in [4.78, 5) is 14.3. The van der Waals surface area contributed by atoms with Gasteiger partial charge in [0, 0.05) is 33.3 Å². The zero-order valence-electron chi connectivity index (χ0n) is 14.7. The van der Waals surface area contributed by atoms with Gasteiger partial charge in [0.05, 0.1) is 13.7 Å². The summed E-state index contributed by atoms with van der Waals surface area (Å²) in [6.07, 6.45) is 1.95. The van der Waals surface area contributed by atoms with Crippen molar-refractivity contribution in [3.8, 4) is 5.75 Å². The molecule has 1 aromatic carbocycles. The van der Waals surface area contributed by atoms with Crippen LogP contribution in [-0.2, 0) is 11.2 Å². The van der Waals surface area contributed by atoms with Crippen molar-refractivity contribution < 1.29 is 14.3 Å². The second-order valence-electron chi connectivity index (χ2n) is 6.18. The zero-order chi connectivity index (χ0) is 17.2. The molecule has 2 rings (SSSR count). The predicted octanol–water partition coefficient (Wildman–Crippen LogP) is 1.51. The van der Waals surface area contributed by atoms with Gasteiger partial charge in [-0.25, -0.2) is 4.79 Å². The standard InChI is InChI=1S/C18H29N3O3/c1-23-12-11-21-10-8-16(14-21)13-20-18(22)19-9-7-15-3-5-17(24-2)6-4-15/h3-6,16H,7-14H2,1-2H3,(H2,19,20,22). The summed E-state index contributed by atoms with van der Waals surface area (Å²) in [5, 5.41) is 5.89. The fourth-order valence-electron chi connectivity index (χ4n) is 2.92. The van der Waals surface area contributed by atoms with E-state index in [1.54, 1.807) is 14.2 Å². The second kappa shape index (κ2) is 10.2. The summed E-state index contributed by atoms with van der Waals surface area (Å²) < 4.78 is 10.2. The lowest BCUT2D eigenvalue weighted by Gasteiger charge is -2.15. The molecule has 1 unspecified atom stereocenters. The predicted molar refractivity (Wildman–Crippen MR) is 94.5 cm³/mol. The van der Waals surface area contributed by atoms with Gasteiger partial charge in [-0.05, 0) is 43.0 Å². The molecule has 0 spiro atoms. The zero-order valence-corrected chi connectivity index (χ0v) is 14.7. The van der Waals surface area contributed by atoms with Crippen molar-refractivity contribution in [1.29, 1.82) is 0 Å². The van der Waals surface area contributed by atoms with Crippen LogP contribution in [0.15, 0.2) is 24.3 Å². The van der Waals surface area contributed by atoms with Gasteiger partial charge in [-0.15, -0.1) is 0 Å². The molecule has 0 aliphatic carbocycles. The van der Waals surface area contributed by atoms with Crippen molar-refractivity contribution in [2.75, 3.05) is 53.6 Å². The lowest BCUT2D eigenvalue weighted by atomic mass is 10.1. The second-order valence-corrected chi connectivity index (χ2v) is 6.18. The molecule has 1 aromatic rings. The van der Waals surface area contributed by atoms with Crippen molar-refractivity contribution in [2.45, 2.75) is 12.8 Å². The summed E-state index contributed by atoms with van der Waals surface area (Å²) >= 11 is 0. The van der Waals surface area contributed by atoms with Crippen LogP contribution in [0.5, 0.6) is 5.75 Å². The number of carbonyl (C=O) groups excluding carboxylic acids is 1. The molecule has 0 bridgehead atoms. The van der Waals surface area contributed by atoms with E-state index in [4.69, 9.17) is 9.47 Å². The van der Waals surface area contributed by atoms with Gasteiger partial charge in [-0.2, -0.15) is 0 Å². The first-order valence-corrected chi connectivity index (χ1v) is 8.57. The normalized spacial score (nSPS) is 17.7. The topological polar surface area (TPSA) is 62.8 Å². The lowest BCUT2D eigenvalue weighted by Crippen LogP contribution is -2.39. The number of amides is 2. The molecule has 2 N–H and O–H groups in total. The third-order valence-corrected chi connectivity index (χ3v) is 4.39. The van der Waals surface area contributed by atoms with E-state index >= 15 is 0 Å². The molecule has 6 heteroatoms. The first kappa shape index (κ1) is 18.5. The van der Waals surface area contributed by atoms with E-state index in [1.165, 1.54) is 5.56 Å². The van der Waals surface area contributed by atoms with Gasteiger partial charge < -0.3 is 25.0 Å². The van der Waals surface area contributed by atoms with Crippen molar-refractivity contribution in [2.24, 2.45) is 5.92 Å². The summed E-state index contributed by atoms with van der Waals surface area (Å²) in [6, 6.07) is 7.83. The largest absolute Gasteiger partial charge is 0.497 e. The fraction of sp³-hybridized carbons (Fsp3) is 0.611. The summed E-state index contributed by atoms with van der Waals surface area (Å²) in [5.74, 6) is 1.38. The monoisotopic (exact) mass is 335 g/mol. The summed E-state index contributed by atoms with van der Waals surface area (Å²) in [5.41, 5.74) is 1.18. The quantitative estimate of drug-likeness (QED) is 0.718. The minimum absolute atomic E-state index is 0.0844. The maximum Gasteiger partial charge on any atom is 0.314 e. The van der Waals surface area contributed by atoms with Gasteiger partial charge in [0.1, 0.15) is 5.75 Å². The molecule has 0 saturated carbocycles. The van der Waals surface area contributed by atoms with Crippen LogP contribution in [0.1, 0.15) is 12.0 Å². The van der Waals surface area contributed by atoms with Crippen LogP contribution >= 0.6 is 0 Å². The van der Waals surface area contributed by atoms with Crippen LogP contribution in [-0.4, -0.2) is 64.5 Å². The van der Waals surface area contributed by atoms with Gasteiger partial charge >= 0.3 is 6.03 Å². The molecule has 1 aliphatic rings. The SMILES string of the molecule is COCCN1CCC(CNC(=O)NCCc2ccc(OC)cc2)C1. The Morgan fingerprint density at radius 2 is 2.04 bits per heavy atom. The number of likely N-dealkylation sites (tertiary alicyclic amines) is 1. The highest BCUT2D eigenvalue weighted by Crippen LogP contribution is 2.14. The van der Waals surface area contributed by atoms with Gasteiger partial charge in [-0.1, -0.05) is 12.1 Å². The molecule has 0 radical (unpaired) electrons. The molecule has 6 nitrogen and oxygen atoms in total. The highest BCUT2D eigenvalue weighted by Gasteiger charge is 2.22. The number of methoxy groups -OCH3 is 2. The number of hydrogen-bond acceptors (Lipinski definition) is 4. The molecular weight excluding hydrogens is 306 g/mol. The van der Waals surface area contributed by atoms with E-state index in [0.29, 0.717) is 12.5 Å². The van der Waals surface area contributed by atoms with Gasteiger partial charge in [0.15, 0.2) is 0 Å². The van der Waals surface area contributed by atoms with Crippen molar-refractivity contribution >= 4 is 6.03 Å². The Hall–Kier alpha value is -1.79. The molecular formula is C18H29N3O3. The van der Waals surface area contributed by atoms with Crippen LogP contribution in [0, 0.1) is 5.92 Å². The number of carbonyl (C=O) groups is 1. The van der Waals surface area contributed by atoms with Gasteiger partial charge in [0.2, 0.25) is 0 Å². The minimum Gasteiger partial charge on any atom is -0.497 e. The van der Waals surface area contributed by atoms with Crippen LogP contribution < -0.4 is 15.4 Å². The molecule has 1 heterocycles. The van der Waals surface area contributed by atoms with Crippen LogP contribution in [0.3, 0.4) is 0 Å². The van der Waals surface area contributed by atoms with Gasteiger partial charge in [0.25, 0.3) is 0 Å². The molecule has 24 heavy (non-hydrogen) atoms. The summed E-state index contributed by atoms with van der Waals surface area (Å²) in [6.45, 7) is 5.23. The lowest BCUT2D eigenvalue weighted by molar-refractivity contribution is 0.159. The molecule has 0 aromatic heterocycles. The molecule has 2 amide bonds. The third-order valence-electron chi connectivity index (χ3n) is 4.39. The molecule has 134 valence electrons. The number of nitrogens with one attached hydrogen (secondary N) is 2. The maximum atomic E-state index is 11.9. The van der Waals surface area contributed by atoms with E-state index in [2.05, 4.69) is 15.5 Å². The number of hydrogen-bond donors (Lipinski definition) is 2. The summed E-state index contributed by atoms with van der Waals surface area (Å²) in [7, 11) is 3.38. The first-order valence-electron chi connectivity index (χ1n) is 8.57. The van der Waals surface area contributed by atoms with Crippen molar-refractivity contribution in [3.63, 3.8) is 0 Å². The average molecular weight is 335 g/mol. The average Bonchev–Trinajstić information content (AvgIpc) is 3.06. The number of ether oxygens (including phenoxy) is 2. The third kappa shape index (κ3) is 6.37. The van der Waals surface area contributed by atoms with Gasteiger partial charge in [-0.3, -0.25) is 0 Å². The van der Waals surface area contributed by atoms with Crippen LogP contribution in [0.2, 0.25) is 0 Å². The number of rotatable bonds is 9. The number of nitrogens with zero attached hydrogens (tertiary/aromatic N) is 1. The molecule has 1 aliphatic heterocycles. The Morgan fingerprint density at radius 3 is 2.75 bits per heavy atom. The maximum absolute atomic E-state index is 11.9. The Kier molecular flexibility index (Phi) is 7.85. The van der Waals surface area contributed by atoms with Crippen LogP contribution in [0.25, 0.3) is 0 Å². The van der Waals surface area contributed by atoms with E-state index < -0.39 is 0 Å². The smallest absolute Gasteiger partial charge is 0.314 e. The first-order chi connectivity index (χ1) is 11.7. The Morgan fingerprint density at radius 1 is 1.25 bits per heavy atom. The molecule has 1 atom stereocenters. The number of benzene rings is 1. The Labute approximate surface area is 144 Å². The van der Waals surface area contributed by atoms with E-state index in [0.717, 1.165) is 51.4 Å².